The van der Waals surface area contributed by atoms with Gasteiger partial charge >= 0.3 is 12.1 Å². The summed E-state index contributed by atoms with van der Waals surface area (Å²) in [7, 11) is 1.20. The van der Waals surface area contributed by atoms with Gasteiger partial charge in [-0.15, -0.1) is 0 Å². The molecule has 2 aromatic rings. The molecular formula is C9H5F3N4O4S. The van der Waals surface area contributed by atoms with Gasteiger partial charge in [0.15, 0.2) is 10.3 Å². The number of nitrogens with two attached hydrogens (primary N) is 1. The van der Waals surface area contributed by atoms with Crippen LogP contribution in [0.25, 0.3) is 10.3 Å². The molecule has 2 heterocycles. The van der Waals surface area contributed by atoms with E-state index in [1.165, 1.54) is 7.11 Å². The number of hydrogen-bond donors (Lipinski definition) is 1. The van der Waals surface area contributed by atoms with E-state index in [0.717, 1.165) is 0 Å². The summed E-state index contributed by atoms with van der Waals surface area (Å²) in [4.78, 5) is 32.7. The molecule has 21 heavy (non-hydrogen) atoms. The molecule has 0 aliphatic heterocycles. The standard InChI is InChI=1S/C9H5F3N4O4S/c1-19-5-2-6(16-4(15-5)3(13)17)21-8(14-2)20-7(18)9(10,11)12/h1H3,(H2,13,17). The summed E-state index contributed by atoms with van der Waals surface area (Å²) >= 11 is 0.510. The third kappa shape index (κ3) is 2.99. The van der Waals surface area contributed by atoms with E-state index in [0.29, 0.717) is 11.3 Å². The Balaban J connectivity index is 2.46. The number of carbonyl (C=O) groups excluding carboxylic acids is 2. The molecule has 0 saturated heterocycles. The molecule has 0 radical (unpaired) electrons. The van der Waals surface area contributed by atoms with Crippen LogP contribution in [0.4, 0.5) is 13.2 Å². The van der Waals surface area contributed by atoms with Crippen LogP contribution in [0.3, 0.4) is 0 Å². The lowest BCUT2D eigenvalue weighted by Gasteiger charge is -2.02. The molecule has 0 unspecified atom stereocenters. The molecule has 0 aliphatic rings. The Labute approximate surface area is 117 Å². The second-order valence-electron chi connectivity index (χ2n) is 3.44. The van der Waals surface area contributed by atoms with Gasteiger partial charge in [-0.2, -0.15) is 23.1 Å². The zero-order valence-corrected chi connectivity index (χ0v) is 10.9. The molecule has 2 N–H and O–H groups in total. The van der Waals surface area contributed by atoms with E-state index in [1.807, 2.05) is 0 Å². The van der Waals surface area contributed by atoms with E-state index >= 15 is 0 Å². The van der Waals surface area contributed by atoms with Crippen LogP contribution in [0.1, 0.15) is 10.6 Å². The lowest BCUT2D eigenvalue weighted by Crippen LogP contribution is -2.27. The molecule has 2 aromatic heterocycles. The lowest BCUT2D eigenvalue weighted by atomic mass is 10.5. The van der Waals surface area contributed by atoms with Crippen molar-refractivity contribution in [1.82, 2.24) is 15.0 Å². The van der Waals surface area contributed by atoms with Gasteiger partial charge in [0.1, 0.15) is 0 Å². The first-order valence-corrected chi connectivity index (χ1v) is 5.85. The van der Waals surface area contributed by atoms with Gasteiger partial charge in [-0.25, -0.2) is 9.78 Å². The minimum atomic E-state index is -5.16. The van der Waals surface area contributed by atoms with Crippen molar-refractivity contribution in [2.75, 3.05) is 7.11 Å². The van der Waals surface area contributed by atoms with Crippen molar-refractivity contribution in [2.24, 2.45) is 5.73 Å². The fraction of sp³-hybridized carbons (Fsp3) is 0.222. The van der Waals surface area contributed by atoms with Gasteiger partial charge in [0, 0.05) is 0 Å². The minimum absolute atomic E-state index is 0.0133. The number of methoxy groups -OCH3 is 1. The molecule has 0 saturated carbocycles. The molecule has 2 rings (SSSR count). The number of thiazole rings is 1. The molecule has 1 amide bonds. The zero-order valence-electron chi connectivity index (χ0n) is 10.1. The summed E-state index contributed by atoms with van der Waals surface area (Å²) in [5.41, 5.74) is 4.95. The van der Waals surface area contributed by atoms with Gasteiger partial charge < -0.3 is 15.2 Å². The van der Waals surface area contributed by atoms with E-state index < -0.39 is 29.1 Å². The molecule has 0 spiro atoms. The van der Waals surface area contributed by atoms with Crippen LogP contribution >= 0.6 is 11.3 Å². The number of amides is 1. The van der Waals surface area contributed by atoms with Gasteiger partial charge in [0.25, 0.3) is 11.1 Å². The fourth-order valence-corrected chi connectivity index (χ4v) is 1.99. The van der Waals surface area contributed by atoms with E-state index in [1.54, 1.807) is 0 Å². The van der Waals surface area contributed by atoms with Gasteiger partial charge in [0.05, 0.1) is 7.11 Å². The normalized spacial score (nSPS) is 11.4. The summed E-state index contributed by atoms with van der Waals surface area (Å²) in [6, 6.07) is 0. The predicted octanol–water partition coefficient (Wildman–Crippen LogP) is 0.661. The number of primary amides is 1. The molecular weight excluding hydrogens is 317 g/mol. The molecule has 0 aliphatic carbocycles. The number of ether oxygens (including phenoxy) is 2. The largest absolute Gasteiger partial charge is 0.491 e. The van der Waals surface area contributed by atoms with Crippen LogP contribution in [-0.4, -0.2) is 40.1 Å². The van der Waals surface area contributed by atoms with Crippen molar-refractivity contribution in [3.63, 3.8) is 0 Å². The van der Waals surface area contributed by atoms with Crippen molar-refractivity contribution in [2.45, 2.75) is 6.18 Å². The minimum Gasteiger partial charge on any atom is -0.479 e. The third-order valence-electron chi connectivity index (χ3n) is 2.03. The first-order chi connectivity index (χ1) is 9.72. The lowest BCUT2D eigenvalue weighted by molar-refractivity contribution is -0.189. The zero-order chi connectivity index (χ0) is 15.8. The number of carbonyl (C=O) groups is 2. The monoisotopic (exact) mass is 322 g/mol. The first kappa shape index (κ1) is 14.9. The number of fused-ring (bicyclic) bond motifs is 1. The van der Waals surface area contributed by atoms with Crippen molar-refractivity contribution in [3.05, 3.63) is 5.82 Å². The number of halogens is 3. The summed E-state index contributed by atoms with van der Waals surface area (Å²) in [5.74, 6) is -3.97. The second-order valence-corrected chi connectivity index (χ2v) is 4.38. The highest BCUT2D eigenvalue weighted by atomic mass is 32.1. The maximum absolute atomic E-state index is 12.1. The molecule has 0 atom stereocenters. The number of esters is 1. The molecule has 112 valence electrons. The summed E-state index contributed by atoms with van der Waals surface area (Å²) in [6.45, 7) is 0. The highest BCUT2D eigenvalue weighted by Crippen LogP contribution is 2.32. The van der Waals surface area contributed by atoms with Crippen LogP contribution in [0.15, 0.2) is 0 Å². The highest BCUT2D eigenvalue weighted by molar-refractivity contribution is 7.19. The van der Waals surface area contributed by atoms with Crippen LogP contribution in [0, 0.1) is 0 Å². The molecule has 0 bridgehead atoms. The maximum atomic E-state index is 12.1. The Morgan fingerprint density at radius 2 is 1.90 bits per heavy atom. The van der Waals surface area contributed by atoms with Crippen molar-refractivity contribution >= 4 is 33.6 Å². The smallest absolute Gasteiger partial charge is 0.479 e. The first-order valence-electron chi connectivity index (χ1n) is 5.03. The number of rotatable bonds is 3. The Morgan fingerprint density at radius 1 is 1.24 bits per heavy atom. The number of hydrogen-bond acceptors (Lipinski definition) is 8. The van der Waals surface area contributed by atoms with E-state index in [4.69, 9.17) is 10.5 Å². The molecule has 0 fully saturated rings. The average molecular weight is 322 g/mol. The summed E-state index contributed by atoms with van der Waals surface area (Å²) in [6.07, 6.45) is -5.16. The quantitative estimate of drug-likeness (QED) is 0.825. The topological polar surface area (TPSA) is 117 Å². The van der Waals surface area contributed by atoms with E-state index in [-0.39, 0.29) is 16.2 Å². The number of aromatic nitrogens is 3. The molecule has 0 aromatic carbocycles. The van der Waals surface area contributed by atoms with Gasteiger partial charge in [0.2, 0.25) is 11.7 Å². The van der Waals surface area contributed by atoms with Gasteiger partial charge in [-0.05, 0) is 0 Å². The predicted molar refractivity (Wildman–Crippen MR) is 62.0 cm³/mol. The van der Waals surface area contributed by atoms with Crippen molar-refractivity contribution < 1.29 is 32.2 Å². The van der Waals surface area contributed by atoms with Crippen LogP contribution in [0.2, 0.25) is 0 Å². The maximum Gasteiger partial charge on any atom is 0.491 e. The average Bonchev–Trinajstić information content (AvgIpc) is 2.78. The molecule has 12 heteroatoms. The van der Waals surface area contributed by atoms with Crippen LogP contribution in [-0.2, 0) is 4.79 Å². The second kappa shape index (κ2) is 5.12. The van der Waals surface area contributed by atoms with Crippen molar-refractivity contribution in [1.29, 1.82) is 0 Å². The van der Waals surface area contributed by atoms with Gasteiger partial charge in [-0.1, -0.05) is 11.3 Å². The fourth-order valence-electron chi connectivity index (χ4n) is 1.21. The summed E-state index contributed by atoms with van der Waals surface area (Å²) in [5, 5.41) is -0.610. The van der Waals surface area contributed by atoms with E-state index in [2.05, 4.69) is 19.7 Å². The Bertz CT molecular complexity index is 730. The Hall–Kier alpha value is -2.50. The number of nitrogens with zero attached hydrogens (tertiary/aromatic N) is 3. The highest BCUT2D eigenvalue weighted by Gasteiger charge is 2.42. The van der Waals surface area contributed by atoms with Crippen LogP contribution < -0.4 is 15.2 Å². The Kier molecular flexibility index (Phi) is 3.63. The van der Waals surface area contributed by atoms with Crippen molar-refractivity contribution in [3.8, 4) is 11.1 Å². The third-order valence-corrected chi connectivity index (χ3v) is 2.86. The Morgan fingerprint density at radius 3 is 2.43 bits per heavy atom. The number of alkyl halides is 3. The van der Waals surface area contributed by atoms with Gasteiger partial charge in [-0.3, -0.25) is 4.79 Å². The molecule has 8 nitrogen and oxygen atoms in total. The SMILES string of the molecule is COc1nc(C(N)=O)nc2sc(OC(=O)C(F)(F)F)nc12. The van der Waals surface area contributed by atoms with E-state index in [9.17, 15) is 22.8 Å². The summed E-state index contributed by atoms with van der Waals surface area (Å²) < 4.78 is 45.2. The van der Waals surface area contributed by atoms with Crippen LogP contribution in [0.5, 0.6) is 11.1 Å².